The van der Waals surface area contributed by atoms with Crippen LogP contribution in [0.5, 0.6) is 0 Å². The van der Waals surface area contributed by atoms with Crippen LogP contribution in [-0.4, -0.2) is 15.0 Å². The minimum atomic E-state index is -3.63. The number of primary sulfonamides is 1. The number of benzene rings is 1. The Labute approximate surface area is 103 Å². The van der Waals surface area contributed by atoms with Gasteiger partial charge in [0.2, 0.25) is 10.0 Å². The standard InChI is InChI=1S/C12H20N2O2S/c1-3-4-5-8-14-11-7-6-10(2)12(9-11)17(13,15)16/h6-7,9,14H,3-5,8H2,1-2H3,(H2,13,15,16). The SMILES string of the molecule is CCCCCNc1ccc(C)c(S(N)(=O)=O)c1. The molecule has 3 N–H and O–H groups in total. The molecule has 0 spiro atoms. The Morgan fingerprint density at radius 1 is 1.29 bits per heavy atom. The summed E-state index contributed by atoms with van der Waals surface area (Å²) in [7, 11) is -3.63. The fourth-order valence-electron chi connectivity index (χ4n) is 1.62. The molecule has 5 heteroatoms. The van der Waals surface area contributed by atoms with E-state index in [4.69, 9.17) is 5.14 Å². The number of aryl methyl sites for hydroxylation is 1. The highest BCUT2D eigenvalue weighted by Crippen LogP contribution is 2.18. The van der Waals surface area contributed by atoms with Gasteiger partial charge in [0.25, 0.3) is 0 Å². The Hall–Kier alpha value is -1.07. The average Bonchev–Trinajstić information content (AvgIpc) is 2.25. The summed E-state index contributed by atoms with van der Waals surface area (Å²) in [5, 5.41) is 8.35. The van der Waals surface area contributed by atoms with Crippen molar-refractivity contribution in [2.75, 3.05) is 11.9 Å². The lowest BCUT2D eigenvalue weighted by Gasteiger charge is -2.09. The number of nitrogens with two attached hydrogens (primary N) is 1. The fraction of sp³-hybridized carbons (Fsp3) is 0.500. The molecule has 0 aromatic heterocycles. The van der Waals surface area contributed by atoms with Crippen molar-refractivity contribution in [2.24, 2.45) is 5.14 Å². The molecule has 0 saturated carbocycles. The van der Waals surface area contributed by atoms with Crippen molar-refractivity contribution >= 4 is 15.7 Å². The van der Waals surface area contributed by atoms with Crippen LogP contribution in [-0.2, 0) is 10.0 Å². The van der Waals surface area contributed by atoms with Crippen LogP contribution in [0.1, 0.15) is 31.7 Å². The van der Waals surface area contributed by atoms with Gasteiger partial charge in [-0.2, -0.15) is 0 Å². The molecule has 1 aromatic carbocycles. The quantitative estimate of drug-likeness (QED) is 0.767. The van der Waals surface area contributed by atoms with Crippen LogP contribution in [0.4, 0.5) is 5.69 Å². The molecule has 4 nitrogen and oxygen atoms in total. The van der Waals surface area contributed by atoms with E-state index in [1.165, 1.54) is 6.42 Å². The maximum atomic E-state index is 11.3. The monoisotopic (exact) mass is 256 g/mol. The molecular weight excluding hydrogens is 236 g/mol. The van der Waals surface area contributed by atoms with E-state index in [0.717, 1.165) is 25.1 Å². The number of unbranched alkanes of at least 4 members (excludes halogenated alkanes) is 2. The minimum absolute atomic E-state index is 0.193. The first-order valence-corrected chi connectivity index (χ1v) is 7.37. The van der Waals surface area contributed by atoms with E-state index in [-0.39, 0.29) is 4.90 Å². The molecule has 0 radical (unpaired) electrons. The molecule has 1 aromatic rings. The van der Waals surface area contributed by atoms with Crippen LogP contribution in [0, 0.1) is 6.92 Å². The third-order valence-corrected chi connectivity index (χ3v) is 3.66. The molecule has 17 heavy (non-hydrogen) atoms. The zero-order chi connectivity index (χ0) is 12.9. The van der Waals surface area contributed by atoms with Gasteiger partial charge < -0.3 is 5.32 Å². The normalized spacial score (nSPS) is 11.5. The van der Waals surface area contributed by atoms with Crippen molar-refractivity contribution in [3.05, 3.63) is 23.8 Å². The summed E-state index contributed by atoms with van der Waals surface area (Å²) in [5.74, 6) is 0. The molecule has 1 rings (SSSR count). The first-order valence-electron chi connectivity index (χ1n) is 5.82. The van der Waals surface area contributed by atoms with Crippen molar-refractivity contribution in [2.45, 2.75) is 38.0 Å². The van der Waals surface area contributed by atoms with E-state index in [1.807, 2.05) is 6.07 Å². The van der Waals surface area contributed by atoms with E-state index in [1.54, 1.807) is 19.1 Å². The Balaban J connectivity index is 2.76. The van der Waals surface area contributed by atoms with Gasteiger partial charge in [0.05, 0.1) is 4.90 Å². The lowest BCUT2D eigenvalue weighted by molar-refractivity contribution is 0.597. The van der Waals surface area contributed by atoms with Crippen LogP contribution < -0.4 is 10.5 Å². The molecule has 96 valence electrons. The number of rotatable bonds is 6. The summed E-state index contributed by atoms with van der Waals surface area (Å²) in [6.07, 6.45) is 3.41. The van der Waals surface area contributed by atoms with Gasteiger partial charge in [0, 0.05) is 12.2 Å². The molecule has 0 fully saturated rings. The van der Waals surface area contributed by atoms with Crippen LogP contribution in [0.2, 0.25) is 0 Å². The van der Waals surface area contributed by atoms with Crippen LogP contribution in [0.3, 0.4) is 0 Å². The predicted molar refractivity (Wildman–Crippen MR) is 70.6 cm³/mol. The predicted octanol–water partition coefficient (Wildman–Crippen LogP) is 2.24. The topological polar surface area (TPSA) is 72.2 Å². The summed E-state index contributed by atoms with van der Waals surface area (Å²) in [6, 6.07) is 5.23. The number of hydrogen-bond donors (Lipinski definition) is 2. The van der Waals surface area contributed by atoms with E-state index in [9.17, 15) is 8.42 Å². The zero-order valence-electron chi connectivity index (χ0n) is 10.4. The zero-order valence-corrected chi connectivity index (χ0v) is 11.2. The second kappa shape index (κ2) is 6.02. The summed E-state index contributed by atoms with van der Waals surface area (Å²) in [5.41, 5.74) is 1.47. The number of nitrogens with one attached hydrogen (secondary N) is 1. The van der Waals surface area contributed by atoms with Crippen molar-refractivity contribution < 1.29 is 8.42 Å². The Morgan fingerprint density at radius 2 is 2.00 bits per heavy atom. The number of anilines is 1. The van der Waals surface area contributed by atoms with Crippen molar-refractivity contribution in [1.29, 1.82) is 0 Å². The average molecular weight is 256 g/mol. The van der Waals surface area contributed by atoms with Gasteiger partial charge in [0.1, 0.15) is 0 Å². The van der Waals surface area contributed by atoms with E-state index in [2.05, 4.69) is 12.2 Å². The molecule has 0 aliphatic carbocycles. The lowest BCUT2D eigenvalue weighted by Crippen LogP contribution is -2.14. The van der Waals surface area contributed by atoms with Crippen molar-refractivity contribution in [1.82, 2.24) is 0 Å². The largest absolute Gasteiger partial charge is 0.385 e. The van der Waals surface area contributed by atoms with E-state index < -0.39 is 10.0 Å². The van der Waals surface area contributed by atoms with Gasteiger partial charge in [-0.05, 0) is 31.0 Å². The van der Waals surface area contributed by atoms with Crippen LogP contribution in [0.25, 0.3) is 0 Å². The smallest absolute Gasteiger partial charge is 0.238 e. The highest BCUT2D eigenvalue weighted by molar-refractivity contribution is 7.89. The summed E-state index contributed by atoms with van der Waals surface area (Å²) < 4.78 is 22.7. The third-order valence-electron chi connectivity index (χ3n) is 2.60. The maximum absolute atomic E-state index is 11.3. The molecule has 0 bridgehead atoms. The molecule has 0 atom stereocenters. The van der Waals surface area contributed by atoms with Gasteiger partial charge >= 0.3 is 0 Å². The van der Waals surface area contributed by atoms with Crippen LogP contribution in [0.15, 0.2) is 23.1 Å². The third kappa shape index (κ3) is 4.36. The minimum Gasteiger partial charge on any atom is -0.385 e. The summed E-state index contributed by atoms with van der Waals surface area (Å²) in [6.45, 7) is 4.73. The van der Waals surface area contributed by atoms with Gasteiger partial charge in [-0.1, -0.05) is 25.8 Å². The maximum Gasteiger partial charge on any atom is 0.238 e. The van der Waals surface area contributed by atoms with Gasteiger partial charge in [-0.3, -0.25) is 0 Å². The summed E-state index contributed by atoms with van der Waals surface area (Å²) >= 11 is 0. The molecule has 0 heterocycles. The Kier molecular flexibility index (Phi) is 4.96. The van der Waals surface area contributed by atoms with Gasteiger partial charge in [0.15, 0.2) is 0 Å². The molecule has 0 aliphatic rings. The first-order chi connectivity index (χ1) is 7.95. The lowest BCUT2D eigenvalue weighted by atomic mass is 10.2. The second-order valence-corrected chi connectivity index (χ2v) is 5.69. The van der Waals surface area contributed by atoms with Crippen molar-refractivity contribution in [3.8, 4) is 0 Å². The van der Waals surface area contributed by atoms with E-state index >= 15 is 0 Å². The van der Waals surface area contributed by atoms with Gasteiger partial charge in [-0.25, -0.2) is 13.6 Å². The Morgan fingerprint density at radius 3 is 2.59 bits per heavy atom. The highest BCUT2D eigenvalue weighted by atomic mass is 32.2. The van der Waals surface area contributed by atoms with E-state index in [0.29, 0.717) is 5.56 Å². The molecule has 0 saturated heterocycles. The molecule has 0 aliphatic heterocycles. The van der Waals surface area contributed by atoms with Crippen LogP contribution >= 0.6 is 0 Å². The summed E-state index contributed by atoms with van der Waals surface area (Å²) in [4.78, 5) is 0.193. The number of hydrogen-bond acceptors (Lipinski definition) is 3. The van der Waals surface area contributed by atoms with Crippen molar-refractivity contribution in [3.63, 3.8) is 0 Å². The second-order valence-electron chi connectivity index (χ2n) is 4.16. The molecule has 0 amide bonds. The fourth-order valence-corrected chi connectivity index (χ4v) is 2.43. The Bertz CT molecular complexity index is 469. The van der Waals surface area contributed by atoms with Gasteiger partial charge in [-0.15, -0.1) is 0 Å². The molecular formula is C12H20N2O2S. The molecule has 0 unspecified atom stereocenters. The number of sulfonamides is 1. The highest BCUT2D eigenvalue weighted by Gasteiger charge is 2.11. The first kappa shape index (κ1) is 14.0.